The van der Waals surface area contributed by atoms with Crippen LogP contribution in [0.15, 0.2) is 60.7 Å². The molecule has 2 N–H and O–H groups in total. The van der Waals surface area contributed by atoms with Crippen molar-refractivity contribution in [2.75, 3.05) is 51.3 Å². The fourth-order valence-electron chi connectivity index (χ4n) is 7.05. The number of aromatic nitrogens is 1. The van der Waals surface area contributed by atoms with E-state index in [2.05, 4.69) is 17.0 Å². The van der Waals surface area contributed by atoms with Gasteiger partial charge in [-0.2, -0.15) is 0 Å². The molecule has 254 valence electrons. The first-order chi connectivity index (χ1) is 23.7. The number of benzene rings is 3. The van der Waals surface area contributed by atoms with Gasteiger partial charge in [-0.3, -0.25) is 14.5 Å². The number of hydrogen-bond donors (Lipinski definition) is 2. The van der Waals surface area contributed by atoms with Gasteiger partial charge >= 0.3 is 6.09 Å². The van der Waals surface area contributed by atoms with E-state index in [-0.39, 0.29) is 35.2 Å². The zero-order valence-electron chi connectivity index (χ0n) is 27.6. The summed E-state index contributed by atoms with van der Waals surface area (Å²) in [7, 11) is 1.66. The number of carbonyl (C=O) groups is 3. The van der Waals surface area contributed by atoms with Crippen LogP contribution in [0.25, 0.3) is 11.3 Å². The second-order valence-electron chi connectivity index (χ2n) is 12.9. The number of aromatic hydroxyl groups is 1. The monoisotopic (exact) mass is 681 g/mol. The van der Waals surface area contributed by atoms with Gasteiger partial charge in [0.25, 0.3) is 11.8 Å². The second-order valence-corrected chi connectivity index (χ2v) is 14.1. The number of aryl methyl sites for hydroxylation is 1. The molecule has 0 aliphatic carbocycles. The number of amides is 3. The number of rotatable bonds is 6. The molecule has 0 saturated carbocycles. The van der Waals surface area contributed by atoms with Gasteiger partial charge in [0, 0.05) is 74.0 Å². The minimum Gasteiger partial charge on any atom is -0.508 e. The fourth-order valence-corrected chi connectivity index (χ4v) is 7.95. The fraction of sp³-hybridized carbons (Fsp3) is 0.351. The average Bonchev–Trinajstić information content (AvgIpc) is 3.51. The van der Waals surface area contributed by atoms with Crippen LogP contribution in [-0.2, 0) is 30.7 Å². The third-order valence-corrected chi connectivity index (χ3v) is 10.8. The molecule has 1 aromatic heterocycles. The maximum atomic E-state index is 15.0. The molecule has 49 heavy (non-hydrogen) atoms. The van der Waals surface area contributed by atoms with Crippen LogP contribution < -0.4 is 4.90 Å². The molecule has 3 aliphatic heterocycles. The van der Waals surface area contributed by atoms with Gasteiger partial charge in [0.2, 0.25) is 0 Å². The number of carboxylic acid groups (broad SMARTS) is 1. The zero-order valence-corrected chi connectivity index (χ0v) is 28.4. The Morgan fingerprint density at radius 2 is 1.69 bits per heavy atom. The summed E-state index contributed by atoms with van der Waals surface area (Å²) in [5.74, 6) is -0.330. The molecule has 0 spiro atoms. The van der Waals surface area contributed by atoms with Crippen LogP contribution >= 0.6 is 11.3 Å². The van der Waals surface area contributed by atoms with Gasteiger partial charge < -0.3 is 29.6 Å². The van der Waals surface area contributed by atoms with Crippen molar-refractivity contribution in [3.8, 4) is 17.0 Å². The van der Waals surface area contributed by atoms with E-state index in [0.29, 0.717) is 61.8 Å². The lowest BCUT2D eigenvalue weighted by molar-refractivity contribution is 0.0193. The lowest BCUT2D eigenvalue weighted by Gasteiger charge is -2.41. The number of morpholine rings is 1. The third-order valence-electron chi connectivity index (χ3n) is 9.82. The van der Waals surface area contributed by atoms with Crippen LogP contribution in [0, 0.1) is 6.92 Å². The summed E-state index contributed by atoms with van der Waals surface area (Å²) < 4.78 is 5.60. The molecular formula is C37H39N5O6S. The van der Waals surface area contributed by atoms with Gasteiger partial charge in [-0.1, -0.05) is 24.3 Å². The highest BCUT2D eigenvalue weighted by atomic mass is 32.1. The van der Waals surface area contributed by atoms with E-state index in [4.69, 9.17) is 9.72 Å². The lowest BCUT2D eigenvalue weighted by atomic mass is 9.89. The first-order valence-electron chi connectivity index (χ1n) is 16.5. The molecule has 3 aromatic carbocycles. The second kappa shape index (κ2) is 13.6. The van der Waals surface area contributed by atoms with E-state index in [1.54, 1.807) is 19.2 Å². The smallest absolute Gasteiger partial charge is 0.407 e. The predicted octanol–water partition coefficient (Wildman–Crippen LogP) is 5.04. The van der Waals surface area contributed by atoms with Crippen molar-refractivity contribution in [1.82, 2.24) is 19.7 Å². The number of nitrogens with zero attached hydrogens (tertiary/aromatic N) is 5. The molecule has 0 bridgehead atoms. The molecule has 3 amide bonds. The Labute approximate surface area is 289 Å². The van der Waals surface area contributed by atoms with Crippen molar-refractivity contribution in [3.63, 3.8) is 0 Å². The highest BCUT2D eigenvalue weighted by Gasteiger charge is 2.35. The summed E-state index contributed by atoms with van der Waals surface area (Å²) in [4.78, 5) is 53.4. The molecule has 1 atom stereocenters. The van der Waals surface area contributed by atoms with Crippen molar-refractivity contribution >= 4 is 34.9 Å². The van der Waals surface area contributed by atoms with Crippen LogP contribution in [0.3, 0.4) is 0 Å². The summed E-state index contributed by atoms with van der Waals surface area (Å²) in [5, 5.41) is 19.8. The van der Waals surface area contributed by atoms with Gasteiger partial charge in [0.15, 0.2) is 5.01 Å². The Morgan fingerprint density at radius 3 is 2.43 bits per heavy atom. The Bertz CT molecular complexity index is 1900. The molecule has 4 aromatic rings. The van der Waals surface area contributed by atoms with Crippen molar-refractivity contribution in [2.24, 2.45) is 0 Å². The van der Waals surface area contributed by atoms with Gasteiger partial charge in [-0.25, -0.2) is 9.78 Å². The largest absolute Gasteiger partial charge is 0.508 e. The zero-order chi connectivity index (χ0) is 34.2. The molecule has 0 unspecified atom stereocenters. The van der Waals surface area contributed by atoms with Crippen molar-refractivity contribution < 1.29 is 29.3 Å². The van der Waals surface area contributed by atoms with Gasteiger partial charge in [0.05, 0.1) is 18.9 Å². The van der Waals surface area contributed by atoms with E-state index >= 15 is 0 Å². The quantitative estimate of drug-likeness (QED) is 0.290. The molecule has 11 nitrogen and oxygen atoms in total. The van der Waals surface area contributed by atoms with Crippen LogP contribution in [0.5, 0.6) is 5.75 Å². The number of thiazole rings is 1. The lowest BCUT2D eigenvalue weighted by Crippen LogP contribution is -2.52. The standard InChI is InChI=1S/C37H39N5O6S/c1-23-33(38-34(49-23)36(45)39(2)28-7-9-30(43)10-8-28)31-18-25-11-12-41(37(46)47)20-27(25)19-32(31)35(44)42-21-26-6-4-3-5-24(26)17-29(42)22-40-13-15-48-16-14-40/h3-10,18-19,29,43H,11-17,20-22H2,1-2H3,(H,46,47)/t29-/m0/s1. The number of carbonyl (C=O) groups excluding carboxylic acids is 2. The summed E-state index contributed by atoms with van der Waals surface area (Å²) in [6.07, 6.45) is 0.250. The maximum Gasteiger partial charge on any atom is 0.407 e. The summed E-state index contributed by atoms with van der Waals surface area (Å²) in [6.45, 7) is 6.58. The normalized spacial score (nSPS) is 17.7. The number of phenolic OH excluding ortho intramolecular Hbond substituents is 1. The molecule has 1 fully saturated rings. The summed E-state index contributed by atoms with van der Waals surface area (Å²) >= 11 is 1.27. The van der Waals surface area contributed by atoms with E-state index in [1.165, 1.54) is 38.8 Å². The van der Waals surface area contributed by atoms with E-state index in [0.717, 1.165) is 41.1 Å². The molecule has 3 aliphatic rings. The molecule has 1 saturated heterocycles. The maximum absolute atomic E-state index is 15.0. The minimum atomic E-state index is -0.989. The minimum absolute atomic E-state index is 0.0764. The Balaban J connectivity index is 1.29. The average molecular weight is 682 g/mol. The molecular weight excluding hydrogens is 643 g/mol. The number of ether oxygens (including phenoxy) is 1. The number of hydrogen-bond acceptors (Lipinski definition) is 8. The van der Waals surface area contributed by atoms with Crippen molar-refractivity contribution in [2.45, 2.75) is 38.9 Å². The van der Waals surface area contributed by atoms with E-state index < -0.39 is 6.09 Å². The van der Waals surface area contributed by atoms with E-state index in [9.17, 15) is 24.6 Å². The highest BCUT2D eigenvalue weighted by molar-refractivity contribution is 7.14. The van der Waals surface area contributed by atoms with Crippen molar-refractivity contribution in [1.29, 1.82) is 0 Å². The van der Waals surface area contributed by atoms with Gasteiger partial charge in [-0.05, 0) is 78.4 Å². The predicted molar refractivity (Wildman–Crippen MR) is 186 cm³/mol. The molecule has 12 heteroatoms. The summed E-state index contributed by atoms with van der Waals surface area (Å²) in [6, 6.07) is 18.4. The topological polar surface area (TPSA) is 127 Å². The third kappa shape index (κ3) is 6.63. The number of anilines is 1. The molecule has 4 heterocycles. The Kier molecular flexibility index (Phi) is 9.10. The number of fused-ring (bicyclic) bond motifs is 2. The highest BCUT2D eigenvalue weighted by Crippen LogP contribution is 2.37. The van der Waals surface area contributed by atoms with Gasteiger partial charge in [0.1, 0.15) is 5.75 Å². The first-order valence-corrected chi connectivity index (χ1v) is 17.3. The SMILES string of the molecule is Cc1sc(C(=O)N(C)c2ccc(O)cc2)nc1-c1cc2c(cc1C(=O)N1Cc3ccccc3C[C@H]1CN1CCOCC1)CN(C(=O)O)CC2. The summed E-state index contributed by atoms with van der Waals surface area (Å²) in [5.41, 5.74) is 6.42. The van der Waals surface area contributed by atoms with Crippen LogP contribution in [0.2, 0.25) is 0 Å². The molecule has 7 rings (SSSR count). The Morgan fingerprint density at radius 1 is 0.959 bits per heavy atom. The van der Waals surface area contributed by atoms with Crippen LogP contribution in [0.1, 0.15) is 47.3 Å². The van der Waals surface area contributed by atoms with Crippen molar-refractivity contribution in [3.05, 3.63) is 98.4 Å². The number of phenols is 1. The first kappa shape index (κ1) is 32.8. The van der Waals surface area contributed by atoms with Gasteiger partial charge in [-0.15, -0.1) is 11.3 Å². The van der Waals surface area contributed by atoms with Crippen LogP contribution in [-0.4, -0.2) is 100 Å². The van der Waals surface area contributed by atoms with Crippen LogP contribution in [0.4, 0.5) is 10.5 Å². The molecule has 0 radical (unpaired) electrons. The van der Waals surface area contributed by atoms with E-state index in [1.807, 2.05) is 36.1 Å². The Hall–Kier alpha value is -4.78.